The fourth-order valence-electron chi connectivity index (χ4n) is 6.99. The first-order valence-electron chi connectivity index (χ1n) is 20.8. The summed E-state index contributed by atoms with van der Waals surface area (Å²) in [4.78, 5) is 33.4. The number of nitrogens with zero attached hydrogens (tertiary/aromatic N) is 8. The molecular formula is C47H54N10O2S2Si. The average Bonchev–Trinajstić information content (AvgIpc) is 3.98. The molecule has 8 rings (SSSR count). The van der Waals surface area contributed by atoms with Gasteiger partial charge in [-0.05, 0) is 113 Å². The van der Waals surface area contributed by atoms with Crippen molar-refractivity contribution < 1.29 is 9.47 Å². The highest BCUT2D eigenvalue weighted by Gasteiger charge is 2.23. The number of likely N-dealkylation sites (tertiary alicyclic amines) is 2. The summed E-state index contributed by atoms with van der Waals surface area (Å²) in [5.74, 6) is 8.68. The molecule has 0 spiro atoms. The van der Waals surface area contributed by atoms with Crippen LogP contribution in [0.15, 0.2) is 73.6 Å². The molecule has 0 radical (unpaired) electrons. The number of thiazole rings is 2. The second kappa shape index (κ2) is 20.5. The first-order valence-corrected chi connectivity index (χ1v) is 26.0. The van der Waals surface area contributed by atoms with Crippen molar-refractivity contribution in [1.29, 1.82) is 0 Å². The van der Waals surface area contributed by atoms with Gasteiger partial charge in [-0.3, -0.25) is 0 Å². The smallest absolute Gasteiger partial charge is 0.166 e. The lowest BCUT2D eigenvalue weighted by Crippen LogP contribution is -2.29. The van der Waals surface area contributed by atoms with Crippen LogP contribution in [0.2, 0.25) is 19.6 Å². The summed E-state index contributed by atoms with van der Waals surface area (Å²) in [6.07, 6.45) is 20.9. The van der Waals surface area contributed by atoms with Crippen LogP contribution in [0.1, 0.15) is 70.0 Å². The molecule has 2 aliphatic rings. The molecule has 6 aromatic rings. The molecule has 0 unspecified atom stereocenters. The van der Waals surface area contributed by atoms with Crippen LogP contribution in [-0.4, -0.2) is 88.1 Å². The van der Waals surface area contributed by atoms with Crippen molar-refractivity contribution in [1.82, 2.24) is 39.7 Å². The van der Waals surface area contributed by atoms with E-state index in [9.17, 15) is 0 Å². The maximum atomic E-state index is 6.11. The molecule has 0 bridgehead atoms. The Hall–Kier alpha value is -5.68. The number of hydrogen-bond acceptors (Lipinski definition) is 14. The van der Waals surface area contributed by atoms with Gasteiger partial charge in [-0.2, -0.15) is 0 Å². The molecule has 2 saturated heterocycles. The van der Waals surface area contributed by atoms with Crippen LogP contribution in [0, 0.1) is 23.8 Å². The number of anilines is 2. The fraction of sp³-hybridized carbons (Fsp3) is 0.362. The van der Waals surface area contributed by atoms with Crippen LogP contribution in [0.5, 0.6) is 11.5 Å². The molecule has 6 aromatic heterocycles. The highest BCUT2D eigenvalue weighted by atomic mass is 32.1. The fourth-order valence-corrected chi connectivity index (χ4v) is 9.63. The second-order valence-corrected chi connectivity index (χ2v) is 23.7. The van der Waals surface area contributed by atoms with Crippen molar-refractivity contribution >= 4 is 42.4 Å². The van der Waals surface area contributed by atoms with Crippen LogP contribution in [0.3, 0.4) is 0 Å². The quantitative estimate of drug-likeness (QED) is 0.100. The maximum Gasteiger partial charge on any atom is 0.166 e. The van der Waals surface area contributed by atoms with Gasteiger partial charge in [0, 0.05) is 60.1 Å². The Morgan fingerprint density at radius 3 is 1.56 bits per heavy atom. The standard InChI is InChI=1S/C25H31N5OSSi.C22H23N5OS/c1-30-10-6-19(7-11-30)25-29-16-23(32-25)20-14-22(24(26)28-15-20)31-17-18-5-9-27-21(13-18)8-12-33(2,3)4;1-3-18-10-15(4-7-24-18)14-28-19-11-17(12-25-21(19)23)20-13-26-22(29-20)16-5-8-27(2)9-6-16/h5,9,13-16,19H,6-7,10-11,17H2,1-4H3,(H2,26,28);1,4,7,10-13,16H,5-6,8-9,14H2,2H3,(H2,23,25). The third-order valence-electron chi connectivity index (χ3n) is 10.7. The van der Waals surface area contributed by atoms with Crippen molar-refractivity contribution in [2.75, 3.05) is 51.7 Å². The number of rotatable bonds is 10. The lowest BCUT2D eigenvalue weighted by molar-refractivity contribution is 0.255. The van der Waals surface area contributed by atoms with Gasteiger partial charge in [0.15, 0.2) is 23.1 Å². The van der Waals surface area contributed by atoms with Gasteiger partial charge in [0.25, 0.3) is 0 Å². The van der Waals surface area contributed by atoms with Crippen molar-refractivity contribution in [3.05, 3.63) is 106 Å². The Bertz CT molecular complexity index is 2560. The summed E-state index contributed by atoms with van der Waals surface area (Å²) in [7, 11) is 2.90. The Morgan fingerprint density at radius 1 is 0.661 bits per heavy atom. The summed E-state index contributed by atoms with van der Waals surface area (Å²) < 4.78 is 12.0. The molecule has 320 valence electrons. The molecule has 2 fully saturated rings. The monoisotopic (exact) mass is 882 g/mol. The predicted molar refractivity (Wildman–Crippen MR) is 254 cm³/mol. The number of nitrogen functional groups attached to an aromatic ring is 2. The Kier molecular flexibility index (Phi) is 14.6. The van der Waals surface area contributed by atoms with Crippen LogP contribution in [-0.2, 0) is 13.2 Å². The normalized spacial score (nSPS) is 15.2. The molecule has 0 aliphatic carbocycles. The number of nitrogens with two attached hydrogens (primary N) is 2. The zero-order valence-corrected chi connectivity index (χ0v) is 38.7. The van der Waals surface area contributed by atoms with Crippen LogP contribution in [0.25, 0.3) is 20.9 Å². The summed E-state index contributed by atoms with van der Waals surface area (Å²) in [6.45, 7) is 11.9. The number of piperidine rings is 2. The zero-order valence-electron chi connectivity index (χ0n) is 36.1. The van der Waals surface area contributed by atoms with Gasteiger partial charge in [0.2, 0.25) is 0 Å². The van der Waals surface area contributed by atoms with Crippen molar-refractivity contribution in [2.45, 2.75) is 70.4 Å². The summed E-state index contributed by atoms with van der Waals surface area (Å²) >= 11 is 3.48. The van der Waals surface area contributed by atoms with E-state index in [1.165, 1.54) is 10.0 Å². The first-order chi connectivity index (χ1) is 29.9. The average molecular weight is 883 g/mol. The zero-order chi connectivity index (χ0) is 43.6. The van der Waals surface area contributed by atoms with Crippen LogP contribution < -0.4 is 20.9 Å². The van der Waals surface area contributed by atoms with Crippen LogP contribution >= 0.6 is 22.7 Å². The number of pyridine rings is 4. The summed E-state index contributed by atoms with van der Waals surface area (Å²) in [6, 6.07) is 11.5. The van der Waals surface area contributed by atoms with E-state index in [1.54, 1.807) is 47.5 Å². The molecule has 12 nitrogen and oxygen atoms in total. The largest absolute Gasteiger partial charge is 0.485 e. The molecular weight excluding hydrogens is 829 g/mol. The molecule has 15 heteroatoms. The SMILES string of the molecule is C#Cc1cc(COc2cc(-c3cnc(C4CCN(C)CC4)s3)cnc2N)ccn1.CN1CCC(c2ncc(-c3cnc(N)c(OCc4ccnc(C#C[Si](C)(C)C)c4)c3)s2)CC1. The summed E-state index contributed by atoms with van der Waals surface area (Å²) in [5.41, 5.74) is 20.7. The minimum atomic E-state index is -1.45. The van der Waals surface area contributed by atoms with E-state index >= 15 is 0 Å². The van der Waals surface area contributed by atoms with E-state index in [4.69, 9.17) is 32.3 Å². The van der Waals surface area contributed by atoms with Crippen molar-refractivity contribution in [3.63, 3.8) is 0 Å². The highest BCUT2D eigenvalue weighted by Crippen LogP contribution is 2.38. The van der Waals surface area contributed by atoms with Gasteiger partial charge < -0.3 is 30.7 Å². The molecule has 0 saturated carbocycles. The first kappa shape index (κ1) is 44.4. The molecule has 0 aromatic carbocycles. The van der Waals surface area contributed by atoms with Gasteiger partial charge in [-0.15, -0.1) is 34.6 Å². The molecule has 2 aliphatic heterocycles. The van der Waals surface area contributed by atoms with E-state index in [0.29, 0.717) is 53.9 Å². The third-order valence-corrected chi connectivity index (χ3v) is 14.0. The number of terminal acetylenes is 1. The van der Waals surface area contributed by atoms with E-state index in [-0.39, 0.29) is 0 Å². The van der Waals surface area contributed by atoms with E-state index in [1.807, 2.05) is 48.8 Å². The van der Waals surface area contributed by atoms with E-state index < -0.39 is 8.07 Å². The third kappa shape index (κ3) is 12.2. The van der Waals surface area contributed by atoms with Gasteiger partial charge in [0.1, 0.15) is 32.7 Å². The molecule has 8 heterocycles. The van der Waals surface area contributed by atoms with Crippen molar-refractivity contribution in [2.24, 2.45) is 0 Å². The number of hydrogen-bond donors (Lipinski definition) is 2. The van der Waals surface area contributed by atoms with Gasteiger partial charge in [0.05, 0.1) is 19.8 Å². The lowest BCUT2D eigenvalue weighted by atomic mass is 9.98. The van der Waals surface area contributed by atoms with Gasteiger partial charge >= 0.3 is 0 Å². The number of ether oxygens (including phenoxy) is 2. The van der Waals surface area contributed by atoms with Gasteiger partial charge in [-0.1, -0.05) is 31.5 Å². The minimum absolute atomic E-state index is 0.343. The maximum absolute atomic E-state index is 6.11. The Morgan fingerprint density at radius 2 is 1.11 bits per heavy atom. The number of aromatic nitrogens is 6. The topological polar surface area (TPSA) is 154 Å². The minimum Gasteiger partial charge on any atom is -0.485 e. The van der Waals surface area contributed by atoms with E-state index in [0.717, 1.165) is 89.6 Å². The highest BCUT2D eigenvalue weighted by molar-refractivity contribution is 7.15. The molecule has 4 N–H and O–H groups in total. The second-order valence-electron chi connectivity index (χ2n) is 16.8. The van der Waals surface area contributed by atoms with E-state index in [2.05, 4.69) is 85.8 Å². The summed E-state index contributed by atoms with van der Waals surface area (Å²) in [5, 5.41) is 2.41. The Labute approximate surface area is 374 Å². The van der Waals surface area contributed by atoms with Gasteiger partial charge in [-0.25, -0.2) is 29.9 Å². The lowest BCUT2D eigenvalue weighted by Gasteiger charge is -2.27. The molecule has 0 atom stereocenters. The van der Waals surface area contributed by atoms with Crippen molar-refractivity contribution in [3.8, 4) is 56.2 Å². The molecule has 62 heavy (non-hydrogen) atoms. The predicted octanol–water partition coefficient (Wildman–Crippen LogP) is 8.35. The molecule has 0 amide bonds. The van der Waals surface area contributed by atoms with Crippen LogP contribution in [0.4, 0.5) is 11.6 Å². The Balaban J connectivity index is 0.000000188.